The van der Waals surface area contributed by atoms with E-state index in [1.807, 2.05) is 6.92 Å². The van der Waals surface area contributed by atoms with Gasteiger partial charge in [0, 0.05) is 18.0 Å². The molecule has 2 rings (SSSR count). The van der Waals surface area contributed by atoms with Crippen molar-refractivity contribution in [1.29, 1.82) is 0 Å². The summed E-state index contributed by atoms with van der Waals surface area (Å²) >= 11 is 5.90. The molecule has 1 unspecified atom stereocenters. The Hall–Kier alpha value is -1.46. The number of furan rings is 1. The Morgan fingerprint density at radius 2 is 1.95 bits per heavy atom. The molecule has 0 saturated carbocycles. The molecule has 1 aromatic heterocycles. The molecule has 0 spiro atoms. The standard InChI is InChI=1S/C14H13ClF3NO/c1-8(19)6-10-3-5-13(20-10)11-4-2-9(7-12(11)15)14(16,17)18/h2-5,7-8H,6,19H2,1H3. The van der Waals surface area contributed by atoms with Crippen LogP contribution in [0.15, 0.2) is 34.7 Å². The lowest BCUT2D eigenvalue weighted by molar-refractivity contribution is -0.137. The molecule has 0 aliphatic heterocycles. The van der Waals surface area contributed by atoms with Gasteiger partial charge >= 0.3 is 6.18 Å². The molecular weight excluding hydrogens is 291 g/mol. The first kappa shape index (κ1) is 14.9. The van der Waals surface area contributed by atoms with Gasteiger partial charge in [0.05, 0.1) is 10.6 Å². The lowest BCUT2D eigenvalue weighted by atomic mass is 10.1. The lowest BCUT2D eigenvalue weighted by Crippen LogP contribution is -2.17. The molecule has 2 nitrogen and oxygen atoms in total. The number of hydrogen-bond acceptors (Lipinski definition) is 2. The minimum atomic E-state index is -4.41. The van der Waals surface area contributed by atoms with Crippen molar-refractivity contribution in [2.45, 2.75) is 25.6 Å². The fourth-order valence-corrected chi connectivity index (χ4v) is 2.11. The third-order valence-corrected chi connectivity index (χ3v) is 3.06. The van der Waals surface area contributed by atoms with Crippen molar-refractivity contribution in [2.24, 2.45) is 5.73 Å². The van der Waals surface area contributed by atoms with Crippen molar-refractivity contribution < 1.29 is 17.6 Å². The van der Waals surface area contributed by atoms with Gasteiger partial charge in [-0.25, -0.2) is 0 Å². The fraction of sp³-hybridized carbons (Fsp3) is 0.286. The zero-order valence-electron chi connectivity index (χ0n) is 10.7. The Kier molecular flexibility index (Phi) is 4.11. The van der Waals surface area contributed by atoms with Crippen molar-refractivity contribution in [2.75, 3.05) is 0 Å². The number of benzene rings is 1. The third-order valence-electron chi connectivity index (χ3n) is 2.75. The normalized spacial score (nSPS) is 13.5. The van der Waals surface area contributed by atoms with Gasteiger partial charge in [0.25, 0.3) is 0 Å². The molecule has 0 bridgehead atoms. The van der Waals surface area contributed by atoms with Gasteiger partial charge in [0.2, 0.25) is 0 Å². The van der Waals surface area contributed by atoms with E-state index in [9.17, 15) is 13.2 Å². The number of hydrogen-bond donors (Lipinski definition) is 1. The lowest BCUT2D eigenvalue weighted by Gasteiger charge is -2.08. The number of alkyl halides is 3. The maximum Gasteiger partial charge on any atom is 0.416 e. The van der Waals surface area contributed by atoms with Crippen molar-refractivity contribution in [3.05, 3.63) is 46.7 Å². The zero-order valence-corrected chi connectivity index (χ0v) is 11.4. The number of halogens is 4. The van der Waals surface area contributed by atoms with Gasteiger partial charge in [-0.1, -0.05) is 11.6 Å². The molecule has 1 heterocycles. The van der Waals surface area contributed by atoms with Crippen LogP contribution in [0.5, 0.6) is 0 Å². The van der Waals surface area contributed by atoms with Gasteiger partial charge in [-0.15, -0.1) is 0 Å². The van der Waals surface area contributed by atoms with Crippen molar-refractivity contribution in [3.8, 4) is 11.3 Å². The minimum Gasteiger partial charge on any atom is -0.461 e. The number of nitrogens with two attached hydrogens (primary N) is 1. The summed E-state index contributed by atoms with van der Waals surface area (Å²) in [5, 5.41) is 0.00141. The van der Waals surface area contributed by atoms with Gasteiger partial charge in [0.1, 0.15) is 11.5 Å². The average molecular weight is 304 g/mol. The first-order chi connectivity index (χ1) is 9.27. The van der Waals surface area contributed by atoms with E-state index in [-0.39, 0.29) is 11.1 Å². The van der Waals surface area contributed by atoms with Gasteiger partial charge in [-0.2, -0.15) is 13.2 Å². The van der Waals surface area contributed by atoms with Crippen molar-refractivity contribution in [3.63, 3.8) is 0 Å². The largest absolute Gasteiger partial charge is 0.461 e. The molecule has 0 aliphatic carbocycles. The highest BCUT2D eigenvalue weighted by atomic mass is 35.5. The zero-order chi connectivity index (χ0) is 14.9. The fourth-order valence-electron chi connectivity index (χ4n) is 1.84. The Morgan fingerprint density at radius 3 is 2.50 bits per heavy atom. The molecule has 6 heteroatoms. The first-order valence-electron chi connectivity index (χ1n) is 5.99. The van der Waals surface area contributed by atoms with Crippen LogP contribution in [0, 0.1) is 0 Å². The van der Waals surface area contributed by atoms with Crippen LogP contribution in [-0.2, 0) is 12.6 Å². The van der Waals surface area contributed by atoms with Crippen LogP contribution < -0.4 is 5.73 Å². The molecule has 2 aromatic rings. The van der Waals surface area contributed by atoms with Gasteiger partial charge < -0.3 is 10.2 Å². The third kappa shape index (κ3) is 3.35. The molecule has 0 fully saturated rings. The van der Waals surface area contributed by atoms with Crippen LogP contribution in [0.4, 0.5) is 13.2 Å². The second kappa shape index (κ2) is 5.50. The molecule has 1 atom stereocenters. The Morgan fingerprint density at radius 1 is 1.25 bits per heavy atom. The summed E-state index contributed by atoms with van der Waals surface area (Å²) in [5.41, 5.74) is 5.30. The Balaban J connectivity index is 2.31. The summed E-state index contributed by atoms with van der Waals surface area (Å²) < 4.78 is 43.2. The SMILES string of the molecule is CC(N)Cc1ccc(-c2ccc(C(F)(F)F)cc2Cl)o1. The molecular formula is C14H13ClF3NO. The van der Waals surface area contributed by atoms with E-state index in [2.05, 4.69) is 0 Å². The van der Waals surface area contributed by atoms with E-state index in [0.29, 0.717) is 23.5 Å². The van der Waals surface area contributed by atoms with Gasteiger partial charge in [-0.05, 0) is 37.3 Å². The monoisotopic (exact) mass is 303 g/mol. The summed E-state index contributed by atoms with van der Waals surface area (Å²) in [6.45, 7) is 1.84. The Labute approximate surface area is 119 Å². The van der Waals surface area contributed by atoms with Crippen LogP contribution in [0.1, 0.15) is 18.2 Å². The minimum absolute atomic E-state index is 0.00141. The number of rotatable bonds is 3. The topological polar surface area (TPSA) is 39.2 Å². The van der Waals surface area contributed by atoms with Crippen LogP contribution >= 0.6 is 11.6 Å². The maximum absolute atomic E-state index is 12.6. The molecule has 0 radical (unpaired) electrons. The molecule has 0 amide bonds. The van der Waals surface area contributed by atoms with E-state index in [0.717, 1.165) is 12.1 Å². The van der Waals surface area contributed by atoms with Crippen LogP contribution in [-0.4, -0.2) is 6.04 Å². The summed E-state index contributed by atoms with van der Waals surface area (Å²) in [7, 11) is 0. The maximum atomic E-state index is 12.6. The smallest absolute Gasteiger partial charge is 0.416 e. The van der Waals surface area contributed by atoms with Crippen LogP contribution in [0.2, 0.25) is 5.02 Å². The highest BCUT2D eigenvalue weighted by Crippen LogP contribution is 2.36. The van der Waals surface area contributed by atoms with E-state index in [1.165, 1.54) is 6.07 Å². The molecule has 0 aliphatic rings. The van der Waals surface area contributed by atoms with Crippen LogP contribution in [0.3, 0.4) is 0 Å². The summed E-state index contributed by atoms with van der Waals surface area (Å²) in [4.78, 5) is 0. The predicted molar refractivity (Wildman–Crippen MR) is 71.5 cm³/mol. The highest BCUT2D eigenvalue weighted by Gasteiger charge is 2.31. The molecule has 20 heavy (non-hydrogen) atoms. The van der Waals surface area contributed by atoms with Gasteiger partial charge in [-0.3, -0.25) is 0 Å². The second-order valence-electron chi connectivity index (χ2n) is 4.64. The van der Waals surface area contributed by atoms with Crippen LogP contribution in [0.25, 0.3) is 11.3 Å². The van der Waals surface area contributed by atoms with Crippen molar-refractivity contribution >= 4 is 11.6 Å². The van der Waals surface area contributed by atoms with Crippen molar-refractivity contribution in [1.82, 2.24) is 0 Å². The summed E-state index contributed by atoms with van der Waals surface area (Å²) in [5.74, 6) is 1.10. The van der Waals surface area contributed by atoms with E-state index in [1.54, 1.807) is 12.1 Å². The second-order valence-corrected chi connectivity index (χ2v) is 5.05. The Bertz CT molecular complexity index is 605. The van der Waals surface area contributed by atoms with E-state index >= 15 is 0 Å². The molecule has 0 saturated heterocycles. The van der Waals surface area contributed by atoms with Gasteiger partial charge in [0.15, 0.2) is 0 Å². The highest BCUT2D eigenvalue weighted by molar-refractivity contribution is 6.33. The average Bonchev–Trinajstić information content (AvgIpc) is 2.75. The summed E-state index contributed by atoms with van der Waals surface area (Å²) in [6, 6.07) is 6.54. The predicted octanol–water partition coefficient (Wildman–Crippen LogP) is 4.51. The first-order valence-corrected chi connectivity index (χ1v) is 6.36. The van der Waals surface area contributed by atoms with E-state index in [4.69, 9.17) is 21.8 Å². The van der Waals surface area contributed by atoms with E-state index < -0.39 is 11.7 Å². The quantitative estimate of drug-likeness (QED) is 0.906. The molecule has 108 valence electrons. The summed E-state index contributed by atoms with van der Waals surface area (Å²) in [6.07, 6.45) is -3.86. The molecule has 2 N–H and O–H groups in total. The molecule has 1 aromatic carbocycles.